The van der Waals surface area contributed by atoms with Crippen LogP contribution in [0, 0.1) is 0 Å². The Balaban J connectivity index is 1.83. The molecule has 0 saturated carbocycles. The number of aliphatic hydroxyl groups is 1. The third-order valence-corrected chi connectivity index (χ3v) is 10.9. The van der Waals surface area contributed by atoms with Gasteiger partial charge in [0.05, 0.1) is 6.10 Å². The summed E-state index contributed by atoms with van der Waals surface area (Å²) in [5, 5.41) is 13.0. The highest BCUT2D eigenvalue weighted by Crippen LogP contribution is 2.36. The quantitative estimate of drug-likeness (QED) is 0.365. The van der Waals surface area contributed by atoms with E-state index < -0.39 is 14.4 Å². The standard InChI is InChI=1S/C29H34O2Si/c1-24(25-14-8-5-9-15-25)20-21-26(30)22-23-31-32(29(2,3)4,27-16-10-6-11-17-27)28-18-12-7-13-19-28/h5-19,21,26,30H,22-23H2,1-4H3/t20?,26-/m1/s1. The van der Waals surface area contributed by atoms with E-state index >= 15 is 0 Å². The number of aliphatic hydroxyl groups excluding tert-OH is 1. The van der Waals surface area contributed by atoms with E-state index in [1.165, 1.54) is 10.4 Å². The predicted octanol–water partition coefficient (Wildman–Crippen LogP) is 5.57. The van der Waals surface area contributed by atoms with E-state index in [4.69, 9.17) is 4.43 Å². The molecule has 2 nitrogen and oxygen atoms in total. The first-order valence-corrected chi connectivity index (χ1v) is 13.2. The minimum atomic E-state index is -2.56. The average Bonchev–Trinajstić information content (AvgIpc) is 2.81. The van der Waals surface area contributed by atoms with Crippen LogP contribution in [0.15, 0.2) is 103 Å². The Morgan fingerprint density at radius 1 is 0.875 bits per heavy atom. The minimum absolute atomic E-state index is 0.0691. The van der Waals surface area contributed by atoms with Gasteiger partial charge in [-0.1, -0.05) is 112 Å². The van der Waals surface area contributed by atoms with Crippen LogP contribution in [0.5, 0.6) is 0 Å². The SMILES string of the molecule is CC(=C=C[C@@H](O)CCO[Si](c1ccccc1)(c1ccccc1)C(C)(C)C)c1ccccc1. The summed E-state index contributed by atoms with van der Waals surface area (Å²) >= 11 is 0. The number of benzene rings is 3. The molecule has 1 atom stereocenters. The van der Waals surface area contributed by atoms with E-state index in [9.17, 15) is 5.11 Å². The molecule has 0 aromatic heterocycles. The minimum Gasteiger partial charge on any atom is -0.407 e. The maximum absolute atomic E-state index is 10.6. The maximum Gasteiger partial charge on any atom is 0.261 e. The third kappa shape index (κ3) is 5.56. The van der Waals surface area contributed by atoms with Gasteiger partial charge < -0.3 is 9.53 Å². The van der Waals surface area contributed by atoms with Crippen LogP contribution in [0.3, 0.4) is 0 Å². The van der Waals surface area contributed by atoms with Crippen LogP contribution in [0.1, 0.15) is 39.7 Å². The van der Waals surface area contributed by atoms with Crippen molar-refractivity contribution in [2.24, 2.45) is 0 Å². The molecule has 166 valence electrons. The Kier molecular flexibility index (Phi) is 8.06. The van der Waals surface area contributed by atoms with Crippen molar-refractivity contribution in [1.82, 2.24) is 0 Å². The summed E-state index contributed by atoms with van der Waals surface area (Å²) in [5.41, 5.74) is 5.36. The van der Waals surface area contributed by atoms with E-state index in [-0.39, 0.29) is 5.04 Å². The zero-order chi connectivity index (χ0) is 23.0. The van der Waals surface area contributed by atoms with Crippen LogP contribution in [0.25, 0.3) is 5.57 Å². The second-order valence-electron chi connectivity index (χ2n) is 9.17. The zero-order valence-electron chi connectivity index (χ0n) is 19.6. The smallest absolute Gasteiger partial charge is 0.261 e. The highest BCUT2D eigenvalue weighted by Gasteiger charge is 2.49. The Morgan fingerprint density at radius 2 is 1.34 bits per heavy atom. The Hall–Kier alpha value is -2.68. The van der Waals surface area contributed by atoms with Gasteiger partial charge in [-0.25, -0.2) is 0 Å². The van der Waals surface area contributed by atoms with Crippen LogP contribution < -0.4 is 10.4 Å². The lowest BCUT2D eigenvalue weighted by Gasteiger charge is -2.43. The molecule has 0 radical (unpaired) electrons. The van der Waals surface area contributed by atoms with E-state index in [0.29, 0.717) is 13.0 Å². The highest BCUT2D eigenvalue weighted by molar-refractivity contribution is 6.99. The van der Waals surface area contributed by atoms with E-state index in [1.54, 1.807) is 6.08 Å². The number of hydrogen-bond donors (Lipinski definition) is 1. The first-order chi connectivity index (χ1) is 15.3. The number of hydrogen-bond acceptors (Lipinski definition) is 2. The summed E-state index contributed by atoms with van der Waals surface area (Å²) in [7, 11) is -2.56. The fraction of sp³-hybridized carbons (Fsp3) is 0.276. The van der Waals surface area contributed by atoms with Gasteiger partial charge in [0, 0.05) is 6.61 Å². The lowest BCUT2D eigenvalue weighted by atomic mass is 10.1. The lowest BCUT2D eigenvalue weighted by Crippen LogP contribution is -2.66. The summed E-state index contributed by atoms with van der Waals surface area (Å²) < 4.78 is 6.85. The molecule has 32 heavy (non-hydrogen) atoms. The molecule has 0 saturated heterocycles. The van der Waals surface area contributed by atoms with Crippen LogP contribution in [-0.2, 0) is 4.43 Å². The molecule has 1 N–H and O–H groups in total. The van der Waals surface area contributed by atoms with Crippen LogP contribution in [0.4, 0.5) is 0 Å². The molecule has 3 heteroatoms. The summed E-state index contributed by atoms with van der Waals surface area (Å²) in [6, 6.07) is 31.3. The molecule has 0 heterocycles. The molecule has 0 aliphatic carbocycles. The molecule has 0 amide bonds. The topological polar surface area (TPSA) is 29.5 Å². The van der Waals surface area contributed by atoms with Crippen molar-refractivity contribution in [2.45, 2.75) is 45.3 Å². The van der Waals surface area contributed by atoms with E-state index in [2.05, 4.69) is 87.2 Å². The molecular formula is C29H34O2Si. The van der Waals surface area contributed by atoms with Crippen molar-refractivity contribution in [3.8, 4) is 0 Å². The normalized spacial score (nSPS) is 12.7. The zero-order valence-corrected chi connectivity index (χ0v) is 20.6. The van der Waals surface area contributed by atoms with Gasteiger partial charge in [-0.3, -0.25) is 0 Å². The van der Waals surface area contributed by atoms with E-state index in [0.717, 1.165) is 11.1 Å². The summed E-state index contributed by atoms with van der Waals surface area (Å²) in [5.74, 6) is 0. The monoisotopic (exact) mass is 442 g/mol. The Morgan fingerprint density at radius 3 is 1.81 bits per heavy atom. The van der Waals surface area contributed by atoms with Crippen LogP contribution in [0.2, 0.25) is 5.04 Å². The van der Waals surface area contributed by atoms with Crippen molar-refractivity contribution in [1.29, 1.82) is 0 Å². The van der Waals surface area contributed by atoms with Gasteiger partial charge in [-0.05, 0) is 46.0 Å². The second-order valence-corrected chi connectivity index (χ2v) is 13.5. The Bertz CT molecular complexity index is 991. The second kappa shape index (κ2) is 10.8. The van der Waals surface area contributed by atoms with Crippen LogP contribution in [-0.4, -0.2) is 26.1 Å². The average molecular weight is 443 g/mol. The largest absolute Gasteiger partial charge is 0.407 e. The van der Waals surface area contributed by atoms with Crippen molar-refractivity contribution in [2.75, 3.05) is 6.61 Å². The Labute approximate surface area is 194 Å². The molecule has 0 bridgehead atoms. The molecule has 0 unspecified atom stereocenters. The first-order valence-electron chi connectivity index (χ1n) is 11.3. The fourth-order valence-corrected chi connectivity index (χ4v) is 8.75. The lowest BCUT2D eigenvalue weighted by molar-refractivity contribution is 0.174. The summed E-state index contributed by atoms with van der Waals surface area (Å²) in [6.45, 7) is 9.29. The summed E-state index contributed by atoms with van der Waals surface area (Å²) in [4.78, 5) is 0. The van der Waals surface area contributed by atoms with Gasteiger partial charge in [0.25, 0.3) is 8.32 Å². The van der Waals surface area contributed by atoms with Gasteiger partial charge >= 0.3 is 0 Å². The van der Waals surface area contributed by atoms with Crippen molar-refractivity contribution in [3.05, 3.63) is 108 Å². The molecular weight excluding hydrogens is 408 g/mol. The van der Waals surface area contributed by atoms with Crippen molar-refractivity contribution >= 4 is 24.3 Å². The van der Waals surface area contributed by atoms with Gasteiger partial charge in [0.1, 0.15) is 0 Å². The highest BCUT2D eigenvalue weighted by atomic mass is 28.4. The fourth-order valence-electron chi connectivity index (χ4n) is 4.17. The molecule has 0 aliphatic heterocycles. The molecule has 0 spiro atoms. The van der Waals surface area contributed by atoms with Gasteiger partial charge in [0.15, 0.2) is 0 Å². The molecule has 0 fully saturated rings. The predicted molar refractivity (Wildman–Crippen MR) is 138 cm³/mol. The number of rotatable bonds is 8. The van der Waals surface area contributed by atoms with Gasteiger partial charge in [0.2, 0.25) is 0 Å². The molecule has 3 rings (SSSR count). The van der Waals surface area contributed by atoms with E-state index in [1.807, 2.05) is 37.3 Å². The summed E-state index contributed by atoms with van der Waals surface area (Å²) in [6.07, 6.45) is 1.67. The molecule has 0 aliphatic rings. The molecule has 3 aromatic rings. The maximum atomic E-state index is 10.6. The molecule has 3 aromatic carbocycles. The van der Waals surface area contributed by atoms with Crippen molar-refractivity contribution < 1.29 is 9.53 Å². The van der Waals surface area contributed by atoms with Crippen molar-refractivity contribution in [3.63, 3.8) is 0 Å². The van der Waals surface area contributed by atoms with Crippen LogP contribution >= 0.6 is 0 Å². The van der Waals surface area contributed by atoms with Gasteiger partial charge in [-0.2, -0.15) is 0 Å². The van der Waals surface area contributed by atoms with Gasteiger partial charge in [-0.15, -0.1) is 5.73 Å². The third-order valence-electron chi connectivity index (χ3n) is 5.85. The first kappa shape index (κ1) is 24.0.